The molecule has 0 nitrogen and oxygen atoms in total. The summed E-state index contributed by atoms with van der Waals surface area (Å²) >= 11 is 1.81. The van der Waals surface area contributed by atoms with Gasteiger partial charge in [0.15, 0.2) is 0 Å². The van der Waals surface area contributed by atoms with Crippen LogP contribution in [0.5, 0.6) is 0 Å². The lowest BCUT2D eigenvalue weighted by Gasteiger charge is -2.04. The average Bonchev–Trinajstić information content (AvgIpc) is 2.17. The second kappa shape index (κ2) is 3.43. The molecule has 1 heteroatoms. The van der Waals surface area contributed by atoms with Crippen molar-refractivity contribution in [1.82, 2.24) is 0 Å². The molecule has 0 N–H and O–H groups in total. The summed E-state index contributed by atoms with van der Waals surface area (Å²) < 4.78 is 0. The van der Waals surface area contributed by atoms with E-state index >= 15 is 0 Å². The zero-order chi connectivity index (χ0) is 9.26. The van der Waals surface area contributed by atoms with Gasteiger partial charge in [0.1, 0.15) is 0 Å². The van der Waals surface area contributed by atoms with Crippen LogP contribution >= 0.6 is 11.8 Å². The maximum atomic E-state index is 2.26. The number of thioether (sulfide) groups is 1. The topological polar surface area (TPSA) is 0 Å². The highest BCUT2D eigenvalue weighted by Crippen LogP contribution is 2.25. The molecule has 0 amide bonds. The van der Waals surface area contributed by atoms with Crippen LogP contribution in [0, 0.1) is 6.92 Å². The van der Waals surface area contributed by atoms with Gasteiger partial charge in [0.05, 0.1) is 0 Å². The van der Waals surface area contributed by atoms with E-state index in [0.717, 1.165) is 0 Å². The molecule has 0 aliphatic carbocycles. The van der Waals surface area contributed by atoms with Crippen LogP contribution in [0.15, 0.2) is 41.3 Å². The summed E-state index contributed by atoms with van der Waals surface area (Å²) in [5, 5.41) is 2.66. The highest BCUT2D eigenvalue weighted by molar-refractivity contribution is 7.98. The van der Waals surface area contributed by atoms with Crippen molar-refractivity contribution in [2.24, 2.45) is 0 Å². The fourth-order valence-electron chi connectivity index (χ4n) is 1.55. The Kier molecular flexibility index (Phi) is 2.28. The molecule has 0 radical (unpaired) electrons. The third kappa shape index (κ3) is 1.56. The van der Waals surface area contributed by atoms with Crippen LogP contribution in [0.1, 0.15) is 5.56 Å². The Labute approximate surface area is 83.0 Å². The number of hydrogen-bond acceptors (Lipinski definition) is 1. The van der Waals surface area contributed by atoms with Gasteiger partial charge in [-0.15, -0.1) is 11.8 Å². The molecule has 0 saturated heterocycles. The normalized spacial score (nSPS) is 10.6. The highest BCUT2D eigenvalue weighted by Gasteiger charge is 1.98. The van der Waals surface area contributed by atoms with E-state index in [1.165, 1.54) is 21.2 Å². The van der Waals surface area contributed by atoms with E-state index in [2.05, 4.69) is 49.6 Å². The summed E-state index contributed by atoms with van der Waals surface area (Å²) in [5.41, 5.74) is 1.37. The molecule has 0 fully saturated rings. The molecule has 0 aliphatic heterocycles. The molecular weight excluding hydrogens is 176 g/mol. The number of aryl methyl sites for hydroxylation is 1. The first-order valence-electron chi connectivity index (χ1n) is 4.34. The van der Waals surface area contributed by atoms with Crippen LogP contribution in [-0.4, -0.2) is 6.26 Å². The van der Waals surface area contributed by atoms with Gasteiger partial charge in [-0.1, -0.05) is 30.3 Å². The molecule has 0 aromatic heterocycles. The van der Waals surface area contributed by atoms with Crippen LogP contribution in [0.3, 0.4) is 0 Å². The summed E-state index contributed by atoms with van der Waals surface area (Å²) in [6, 6.07) is 13.0. The minimum Gasteiger partial charge on any atom is -0.129 e. The molecule has 2 rings (SSSR count). The van der Waals surface area contributed by atoms with E-state index in [-0.39, 0.29) is 0 Å². The van der Waals surface area contributed by atoms with Gasteiger partial charge in [-0.2, -0.15) is 0 Å². The van der Waals surface area contributed by atoms with E-state index in [0.29, 0.717) is 0 Å². The van der Waals surface area contributed by atoms with Crippen molar-refractivity contribution in [2.75, 3.05) is 6.26 Å². The Balaban J connectivity index is 2.74. The smallest absolute Gasteiger partial charge is 0.0105 e. The predicted octanol–water partition coefficient (Wildman–Crippen LogP) is 3.87. The minimum atomic E-state index is 1.33. The number of rotatable bonds is 1. The summed E-state index contributed by atoms with van der Waals surface area (Å²) in [7, 11) is 0. The van der Waals surface area contributed by atoms with Crippen LogP contribution in [0.25, 0.3) is 10.8 Å². The first kappa shape index (κ1) is 8.64. The molecule has 0 unspecified atom stereocenters. The zero-order valence-corrected chi connectivity index (χ0v) is 8.69. The number of fused-ring (bicyclic) bond motifs is 1. The van der Waals surface area contributed by atoms with E-state index in [1.807, 2.05) is 11.8 Å². The van der Waals surface area contributed by atoms with Crippen molar-refractivity contribution < 1.29 is 0 Å². The van der Waals surface area contributed by atoms with Crippen molar-refractivity contribution in [2.45, 2.75) is 11.8 Å². The Bertz CT molecular complexity index is 432. The maximum absolute atomic E-state index is 2.26. The Morgan fingerprint density at radius 3 is 2.23 bits per heavy atom. The van der Waals surface area contributed by atoms with E-state index < -0.39 is 0 Å². The van der Waals surface area contributed by atoms with Crippen LogP contribution < -0.4 is 0 Å². The quantitative estimate of drug-likeness (QED) is 0.612. The van der Waals surface area contributed by atoms with Gasteiger partial charge < -0.3 is 0 Å². The average molecular weight is 188 g/mol. The fraction of sp³-hybridized carbons (Fsp3) is 0.167. The van der Waals surface area contributed by atoms with Crippen LogP contribution in [0.4, 0.5) is 0 Å². The van der Waals surface area contributed by atoms with Crippen molar-refractivity contribution >= 4 is 22.5 Å². The van der Waals surface area contributed by atoms with Gasteiger partial charge in [0.25, 0.3) is 0 Å². The Hall–Kier alpha value is -0.950. The molecule has 66 valence electrons. The van der Waals surface area contributed by atoms with Crippen molar-refractivity contribution in [1.29, 1.82) is 0 Å². The largest absolute Gasteiger partial charge is 0.129 e. The third-order valence-electron chi connectivity index (χ3n) is 2.26. The monoisotopic (exact) mass is 188 g/mol. The minimum absolute atomic E-state index is 1.33. The molecule has 0 saturated carbocycles. The fourth-order valence-corrected chi connectivity index (χ4v) is 2.18. The number of hydrogen-bond donors (Lipinski definition) is 0. The zero-order valence-electron chi connectivity index (χ0n) is 7.87. The Morgan fingerprint density at radius 1 is 1.00 bits per heavy atom. The standard InChI is InChI=1S/C12H12S/c1-9-7-10-5-3-4-6-11(10)8-12(9)13-2/h3-8H,1-2H3. The first-order chi connectivity index (χ1) is 6.31. The van der Waals surface area contributed by atoms with E-state index in [4.69, 9.17) is 0 Å². The van der Waals surface area contributed by atoms with Gasteiger partial charge in [-0.25, -0.2) is 0 Å². The summed E-state index contributed by atoms with van der Waals surface area (Å²) in [6.07, 6.45) is 2.12. The Morgan fingerprint density at radius 2 is 1.62 bits per heavy atom. The third-order valence-corrected chi connectivity index (χ3v) is 3.14. The first-order valence-corrected chi connectivity index (χ1v) is 5.57. The van der Waals surface area contributed by atoms with E-state index in [9.17, 15) is 0 Å². The second-order valence-electron chi connectivity index (χ2n) is 3.17. The summed E-state index contributed by atoms with van der Waals surface area (Å²) in [4.78, 5) is 1.37. The van der Waals surface area contributed by atoms with Gasteiger partial charge in [0, 0.05) is 4.90 Å². The SMILES string of the molecule is CSc1cc2ccccc2cc1C. The highest BCUT2D eigenvalue weighted by atomic mass is 32.2. The summed E-state index contributed by atoms with van der Waals surface area (Å²) in [6.45, 7) is 2.16. The number of benzene rings is 2. The molecule has 0 spiro atoms. The van der Waals surface area contributed by atoms with Crippen LogP contribution in [0.2, 0.25) is 0 Å². The lowest BCUT2D eigenvalue weighted by molar-refractivity contribution is 1.33. The molecule has 2 aromatic rings. The van der Waals surface area contributed by atoms with Gasteiger partial charge in [0.2, 0.25) is 0 Å². The molecule has 2 aromatic carbocycles. The molecule has 0 aliphatic rings. The van der Waals surface area contributed by atoms with Gasteiger partial charge >= 0.3 is 0 Å². The van der Waals surface area contributed by atoms with Gasteiger partial charge in [-0.3, -0.25) is 0 Å². The molecule has 0 heterocycles. The van der Waals surface area contributed by atoms with Crippen molar-refractivity contribution in [3.63, 3.8) is 0 Å². The maximum Gasteiger partial charge on any atom is 0.0105 e. The molecule has 0 atom stereocenters. The second-order valence-corrected chi connectivity index (χ2v) is 4.02. The van der Waals surface area contributed by atoms with Crippen LogP contribution in [-0.2, 0) is 0 Å². The van der Waals surface area contributed by atoms with Gasteiger partial charge in [-0.05, 0) is 35.6 Å². The lowest BCUT2D eigenvalue weighted by Crippen LogP contribution is -1.79. The van der Waals surface area contributed by atoms with Crippen molar-refractivity contribution in [3.05, 3.63) is 42.0 Å². The molecular formula is C12H12S. The predicted molar refractivity (Wildman–Crippen MR) is 60.5 cm³/mol. The van der Waals surface area contributed by atoms with Crippen molar-refractivity contribution in [3.8, 4) is 0 Å². The molecule has 13 heavy (non-hydrogen) atoms. The van der Waals surface area contributed by atoms with E-state index in [1.54, 1.807) is 0 Å². The molecule has 0 bridgehead atoms. The lowest BCUT2D eigenvalue weighted by atomic mass is 10.1. The summed E-state index contributed by atoms with van der Waals surface area (Å²) in [5.74, 6) is 0.